The lowest BCUT2D eigenvalue weighted by molar-refractivity contribution is 0.0697. The van der Waals surface area contributed by atoms with E-state index in [0.29, 0.717) is 5.56 Å². The van der Waals surface area contributed by atoms with Gasteiger partial charge in [0.1, 0.15) is 0 Å². The number of fused-ring (bicyclic) bond motifs is 1. The Kier molecular flexibility index (Phi) is 4.32. The van der Waals surface area contributed by atoms with Crippen LogP contribution in [0.4, 0.5) is 0 Å². The third-order valence-electron chi connectivity index (χ3n) is 3.77. The molecule has 0 unspecified atom stereocenters. The second kappa shape index (κ2) is 6.01. The molecule has 0 aliphatic rings. The van der Waals surface area contributed by atoms with Gasteiger partial charge in [-0.2, -0.15) is 5.26 Å². The van der Waals surface area contributed by atoms with Crippen LogP contribution in [0.5, 0.6) is 0 Å². The van der Waals surface area contributed by atoms with Crippen molar-refractivity contribution >= 4 is 16.9 Å². The average molecular weight is 284 g/mol. The fourth-order valence-corrected chi connectivity index (χ4v) is 2.42. The number of aromatic nitrogens is 1. The highest BCUT2D eigenvalue weighted by Crippen LogP contribution is 2.23. The molecule has 0 spiro atoms. The first-order valence-electron chi connectivity index (χ1n) is 7.16. The molecule has 0 atom stereocenters. The van der Waals surface area contributed by atoms with Crippen LogP contribution in [-0.4, -0.2) is 15.6 Å². The van der Waals surface area contributed by atoms with Crippen molar-refractivity contribution in [2.24, 2.45) is 5.41 Å². The molecule has 1 aromatic carbocycles. The first-order valence-corrected chi connectivity index (χ1v) is 7.16. The lowest BCUT2D eigenvalue weighted by Gasteiger charge is -2.14. The summed E-state index contributed by atoms with van der Waals surface area (Å²) in [5.74, 6) is -0.902. The van der Waals surface area contributed by atoms with Crippen molar-refractivity contribution in [1.82, 2.24) is 4.57 Å². The maximum Gasteiger partial charge on any atom is 0.335 e. The van der Waals surface area contributed by atoms with Gasteiger partial charge in [-0.3, -0.25) is 0 Å². The monoisotopic (exact) mass is 284 g/mol. The molecular weight excluding hydrogens is 264 g/mol. The molecule has 0 aliphatic heterocycles. The zero-order valence-corrected chi connectivity index (χ0v) is 12.5. The van der Waals surface area contributed by atoms with E-state index in [1.54, 1.807) is 12.1 Å². The van der Waals surface area contributed by atoms with E-state index >= 15 is 0 Å². The third-order valence-corrected chi connectivity index (χ3v) is 3.77. The molecule has 0 aliphatic carbocycles. The number of carboxylic acid groups (broad SMARTS) is 1. The van der Waals surface area contributed by atoms with E-state index in [0.717, 1.165) is 36.7 Å². The molecular formula is C17H20N2O2. The fourth-order valence-electron chi connectivity index (χ4n) is 2.42. The minimum absolute atomic E-state index is 0.269. The van der Waals surface area contributed by atoms with Crippen LogP contribution < -0.4 is 0 Å². The average Bonchev–Trinajstić information content (AvgIpc) is 2.86. The van der Waals surface area contributed by atoms with E-state index < -0.39 is 5.97 Å². The molecule has 2 aromatic rings. The molecule has 1 aromatic heterocycles. The summed E-state index contributed by atoms with van der Waals surface area (Å²) in [6.45, 7) is 4.75. The highest BCUT2D eigenvalue weighted by atomic mass is 16.4. The number of aryl methyl sites for hydroxylation is 1. The van der Waals surface area contributed by atoms with E-state index in [1.807, 2.05) is 32.2 Å². The number of nitriles is 1. The molecule has 21 heavy (non-hydrogen) atoms. The smallest absolute Gasteiger partial charge is 0.335 e. The summed E-state index contributed by atoms with van der Waals surface area (Å²) in [6.07, 6.45) is 4.83. The predicted octanol–water partition coefficient (Wildman–Crippen LogP) is 4.06. The van der Waals surface area contributed by atoms with Crippen LogP contribution in [0.25, 0.3) is 10.9 Å². The van der Waals surface area contributed by atoms with Gasteiger partial charge in [-0.05, 0) is 50.3 Å². The van der Waals surface area contributed by atoms with Crippen LogP contribution in [0.3, 0.4) is 0 Å². The summed E-state index contributed by atoms with van der Waals surface area (Å²) in [5, 5.41) is 19.1. The molecule has 4 heteroatoms. The van der Waals surface area contributed by atoms with Gasteiger partial charge in [-0.15, -0.1) is 0 Å². The van der Waals surface area contributed by atoms with Gasteiger partial charge >= 0.3 is 5.97 Å². The van der Waals surface area contributed by atoms with Gasteiger partial charge in [0.2, 0.25) is 0 Å². The van der Waals surface area contributed by atoms with Gasteiger partial charge in [0.15, 0.2) is 0 Å². The lowest BCUT2D eigenvalue weighted by atomic mass is 9.89. The number of benzene rings is 1. The van der Waals surface area contributed by atoms with E-state index in [2.05, 4.69) is 10.6 Å². The minimum Gasteiger partial charge on any atom is -0.478 e. The molecule has 0 amide bonds. The van der Waals surface area contributed by atoms with Gasteiger partial charge in [-0.25, -0.2) is 4.79 Å². The Morgan fingerprint density at radius 1 is 1.33 bits per heavy atom. The van der Waals surface area contributed by atoms with E-state index in [1.165, 1.54) is 0 Å². The van der Waals surface area contributed by atoms with Crippen LogP contribution in [0, 0.1) is 16.7 Å². The van der Waals surface area contributed by atoms with Gasteiger partial charge < -0.3 is 9.67 Å². The van der Waals surface area contributed by atoms with Crippen molar-refractivity contribution in [3.63, 3.8) is 0 Å². The Hall–Kier alpha value is -2.28. The summed E-state index contributed by atoms with van der Waals surface area (Å²) in [5.41, 5.74) is 0.998. The van der Waals surface area contributed by atoms with E-state index in [4.69, 9.17) is 10.4 Å². The molecule has 0 saturated heterocycles. The van der Waals surface area contributed by atoms with Crippen molar-refractivity contribution in [1.29, 1.82) is 5.26 Å². The van der Waals surface area contributed by atoms with E-state index in [9.17, 15) is 4.79 Å². The maximum atomic E-state index is 11.0. The number of unbranched alkanes of at least 4 members (excludes halogenated alkanes) is 1. The highest BCUT2D eigenvalue weighted by Gasteiger charge is 2.15. The number of aromatic carboxylic acids is 1. The van der Waals surface area contributed by atoms with Crippen LogP contribution in [0.1, 0.15) is 43.5 Å². The third kappa shape index (κ3) is 3.63. The standard InChI is InChI=1S/C17H20N2O2/c1-17(2,12-18)8-3-4-9-19-10-7-13-5-6-14(16(20)21)11-15(13)19/h5-7,10-11H,3-4,8-9H2,1-2H3,(H,20,21). The molecule has 0 fully saturated rings. The zero-order valence-electron chi connectivity index (χ0n) is 12.5. The van der Waals surface area contributed by atoms with Gasteiger partial charge in [-0.1, -0.05) is 12.5 Å². The summed E-state index contributed by atoms with van der Waals surface area (Å²) >= 11 is 0. The van der Waals surface area contributed by atoms with Gasteiger partial charge in [0.25, 0.3) is 0 Å². The predicted molar refractivity (Wildman–Crippen MR) is 82.1 cm³/mol. The maximum absolute atomic E-state index is 11.0. The summed E-state index contributed by atoms with van der Waals surface area (Å²) in [7, 11) is 0. The molecule has 0 bridgehead atoms. The zero-order chi connectivity index (χ0) is 15.5. The summed E-state index contributed by atoms with van der Waals surface area (Å²) in [6, 6.07) is 9.50. The first kappa shape index (κ1) is 15.1. The fraction of sp³-hybridized carbons (Fsp3) is 0.412. The number of rotatable bonds is 6. The van der Waals surface area contributed by atoms with Crippen molar-refractivity contribution in [2.45, 2.75) is 39.7 Å². The summed E-state index contributed by atoms with van der Waals surface area (Å²) < 4.78 is 2.08. The number of carbonyl (C=O) groups is 1. The topological polar surface area (TPSA) is 66.0 Å². The van der Waals surface area contributed by atoms with E-state index in [-0.39, 0.29) is 5.41 Å². The van der Waals surface area contributed by atoms with Crippen LogP contribution in [0.15, 0.2) is 30.5 Å². The highest BCUT2D eigenvalue weighted by molar-refractivity contribution is 5.93. The molecule has 1 N–H and O–H groups in total. The molecule has 0 radical (unpaired) electrons. The molecule has 110 valence electrons. The Bertz CT molecular complexity index is 692. The van der Waals surface area contributed by atoms with Gasteiger partial charge in [0.05, 0.1) is 17.0 Å². The van der Waals surface area contributed by atoms with Gasteiger partial charge in [0, 0.05) is 18.3 Å². The largest absolute Gasteiger partial charge is 0.478 e. The normalized spacial score (nSPS) is 11.5. The number of hydrogen-bond donors (Lipinski definition) is 1. The SMILES string of the molecule is CC(C)(C#N)CCCCn1ccc2ccc(C(=O)O)cc21. The van der Waals surface area contributed by atoms with Crippen molar-refractivity contribution in [3.8, 4) is 6.07 Å². The molecule has 4 nitrogen and oxygen atoms in total. The quantitative estimate of drug-likeness (QED) is 0.813. The van der Waals surface area contributed by atoms with Crippen LogP contribution in [-0.2, 0) is 6.54 Å². The Morgan fingerprint density at radius 3 is 2.76 bits per heavy atom. The lowest BCUT2D eigenvalue weighted by Crippen LogP contribution is -2.08. The second-order valence-corrected chi connectivity index (χ2v) is 6.04. The number of hydrogen-bond acceptors (Lipinski definition) is 2. The Labute approximate surface area is 124 Å². The Morgan fingerprint density at radius 2 is 2.10 bits per heavy atom. The second-order valence-electron chi connectivity index (χ2n) is 6.04. The Balaban J connectivity index is 2.04. The number of nitrogens with zero attached hydrogens (tertiary/aromatic N) is 2. The number of carboxylic acids is 1. The molecule has 2 rings (SSSR count). The minimum atomic E-state index is -0.902. The molecule has 1 heterocycles. The van der Waals surface area contributed by atoms with Crippen molar-refractivity contribution in [3.05, 3.63) is 36.0 Å². The summed E-state index contributed by atoms with van der Waals surface area (Å²) in [4.78, 5) is 11.0. The molecule has 0 saturated carbocycles. The first-order chi connectivity index (χ1) is 9.93. The van der Waals surface area contributed by atoms with Crippen molar-refractivity contribution < 1.29 is 9.90 Å². The van der Waals surface area contributed by atoms with Crippen LogP contribution in [0.2, 0.25) is 0 Å². The van der Waals surface area contributed by atoms with Crippen LogP contribution >= 0.6 is 0 Å². The van der Waals surface area contributed by atoms with Crippen molar-refractivity contribution in [2.75, 3.05) is 0 Å².